The maximum atomic E-state index is 15.1. The Bertz CT molecular complexity index is 1340. The number of hydrogen-bond donors (Lipinski definition) is 3. The van der Waals surface area contributed by atoms with Crippen molar-refractivity contribution in [1.82, 2.24) is 9.99 Å². The van der Waals surface area contributed by atoms with Crippen LogP contribution in [-0.4, -0.2) is 69.8 Å². The van der Waals surface area contributed by atoms with E-state index in [4.69, 9.17) is 24.3 Å². The second-order valence-electron chi connectivity index (χ2n) is 10.8. The summed E-state index contributed by atoms with van der Waals surface area (Å²) in [5.41, 5.74) is 5.77. The van der Waals surface area contributed by atoms with Gasteiger partial charge >= 0.3 is 19.6 Å². The molecule has 0 aromatic heterocycles. The van der Waals surface area contributed by atoms with Gasteiger partial charge in [-0.3, -0.25) is 24.0 Å². The number of nitrogens with zero attached hydrogens (tertiary/aromatic N) is 3. The van der Waals surface area contributed by atoms with Crippen molar-refractivity contribution in [1.29, 1.82) is 0 Å². The molecular weight excluding hydrogens is 607 g/mol. The van der Waals surface area contributed by atoms with E-state index in [1.54, 1.807) is 0 Å². The Hall–Kier alpha value is -3.27. The van der Waals surface area contributed by atoms with Gasteiger partial charge in [-0.1, -0.05) is 13.0 Å². The van der Waals surface area contributed by atoms with E-state index in [1.165, 1.54) is 50.4 Å². The molecule has 6 atom stereocenters. The van der Waals surface area contributed by atoms with Crippen LogP contribution in [0.1, 0.15) is 57.6 Å². The molecule has 1 aromatic rings. The first kappa shape index (κ1) is 33.6. The fourth-order valence-corrected chi connectivity index (χ4v) is 6.61. The molecule has 2 aliphatic heterocycles. The van der Waals surface area contributed by atoms with Crippen molar-refractivity contribution in [2.24, 2.45) is 10.7 Å². The maximum Gasteiger partial charge on any atom is 0.406 e. The molecule has 17 heteroatoms. The lowest BCUT2D eigenvalue weighted by Crippen LogP contribution is -2.47. The minimum atomic E-state index is -4.53. The van der Waals surface area contributed by atoms with Crippen LogP contribution in [0.25, 0.3) is 0 Å². The van der Waals surface area contributed by atoms with E-state index in [2.05, 4.69) is 16.7 Å². The lowest BCUT2D eigenvalue weighted by Gasteiger charge is -2.31. The summed E-state index contributed by atoms with van der Waals surface area (Å²) >= 11 is 0. The number of aliphatic imine (C=N–C) groups is 1. The van der Waals surface area contributed by atoms with Crippen LogP contribution in [0.15, 0.2) is 53.9 Å². The smallest absolute Gasteiger partial charge is 0.406 e. The summed E-state index contributed by atoms with van der Waals surface area (Å²) < 4.78 is 66.5. The van der Waals surface area contributed by atoms with Gasteiger partial charge in [0.1, 0.15) is 29.9 Å². The molecule has 4 rings (SSSR count). The number of nitrogens with one attached hydrogen (secondary N) is 1. The summed E-state index contributed by atoms with van der Waals surface area (Å²) in [6, 6.07) is 4.02. The van der Waals surface area contributed by atoms with Crippen molar-refractivity contribution >= 4 is 25.2 Å². The summed E-state index contributed by atoms with van der Waals surface area (Å²) in [5, 5.41) is 24.0. The predicted molar refractivity (Wildman–Crippen MR) is 153 cm³/mol. The maximum absolute atomic E-state index is 15.1. The number of benzene rings is 1. The van der Waals surface area contributed by atoms with Gasteiger partial charge in [-0.2, -0.15) is 8.78 Å². The first-order valence-electron chi connectivity index (χ1n) is 14.1. The van der Waals surface area contributed by atoms with E-state index < -0.39 is 61.8 Å². The number of hydrogen-bond acceptors (Lipinski definition) is 12. The molecule has 1 aliphatic carbocycles. The Morgan fingerprint density at radius 1 is 1.32 bits per heavy atom. The summed E-state index contributed by atoms with van der Waals surface area (Å²) in [6.07, 6.45) is -0.746. The molecule has 0 amide bonds. The summed E-state index contributed by atoms with van der Waals surface area (Å²) in [6.45, 7) is 5.60. The van der Waals surface area contributed by atoms with Crippen LogP contribution in [0, 0.1) is 10.1 Å². The van der Waals surface area contributed by atoms with E-state index >= 15 is 8.78 Å². The molecule has 3 unspecified atom stereocenters. The number of rotatable bonds is 12. The van der Waals surface area contributed by atoms with Gasteiger partial charge in [-0.15, -0.1) is 0 Å². The van der Waals surface area contributed by atoms with Crippen molar-refractivity contribution in [3.05, 3.63) is 64.6 Å². The first-order chi connectivity index (χ1) is 20.7. The van der Waals surface area contributed by atoms with Gasteiger partial charge in [0, 0.05) is 18.3 Å². The SMILES string of the molecule is C=C1N=C(N)C=CN1[C@@H]1O[C@H](COP(=O)(N[C@@H](C)C(=O)OC2CCCCC2)OC(C)c2ccc([N+](=O)[O-])cc2)C(O)C1(F)F. The van der Waals surface area contributed by atoms with Crippen molar-refractivity contribution in [3.8, 4) is 0 Å². The van der Waals surface area contributed by atoms with E-state index in [1.807, 2.05) is 0 Å². The van der Waals surface area contributed by atoms with Gasteiger partial charge in [0.2, 0.25) is 6.23 Å². The molecule has 2 heterocycles. The van der Waals surface area contributed by atoms with Crippen molar-refractivity contribution in [2.75, 3.05) is 6.61 Å². The Balaban J connectivity index is 1.49. The number of esters is 1. The second-order valence-corrected chi connectivity index (χ2v) is 12.5. The molecule has 1 saturated heterocycles. The number of ether oxygens (including phenoxy) is 2. The third kappa shape index (κ3) is 7.86. The molecule has 1 aromatic carbocycles. The quantitative estimate of drug-likeness (QED) is 0.129. The third-order valence-corrected chi connectivity index (χ3v) is 9.20. The average Bonchev–Trinajstić information content (AvgIpc) is 3.20. The van der Waals surface area contributed by atoms with Gasteiger partial charge in [0.05, 0.1) is 17.6 Å². The zero-order valence-electron chi connectivity index (χ0n) is 24.2. The van der Waals surface area contributed by atoms with Crippen LogP contribution in [0.3, 0.4) is 0 Å². The number of aliphatic hydroxyl groups excluding tert-OH is 1. The van der Waals surface area contributed by atoms with E-state index in [0.29, 0.717) is 18.4 Å². The number of amidine groups is 1. The minimum absolute atomic E-state index is 0.0374. The molecule has 44 heavy (non-hydrogen) atoms. The van der Waals surface area contributed by atoms with Gasteiger partial charge in [-0.25, -0.2) is 14.6 Å². The van der Waals surface area contributed by atoms with E-state index in [0.717, 1.165) is 24.2 Å². The van der Waals surface area contributed by atoms with Crippen LogP contribution in [0.4, 0.5) is 14.5 Å². The molecule has 242 valence electrons. The molecule has 2 fully saturated rings. The Morgan fingerprint density at radius 3 is 2.59 bits per heavy atom. The van der Waals surface area contributed by atoms with Crippen LogP contribution in [-0.2, 0) is 27.9 Å². The average molecular weight is 644 g/mol. The van der Waals surface area contributed by atoms with Gasteiger partial charge in [0.25, 0.3) is 5.69 Å². The highest BCUT2D eigenvalue weighted by Crippen LogP contribution is 2.50. The predicted octanol–water partition coefficient (Wildman–Crippen LogP) is 4.03. The molecule has 14 nitrogen and oxygen atoms in total. The number of nitro groups is 1. The number of carbonyl (C=O) groups is 1. The molecule has 4 N–H and O–H groups in total. The highest BCUT2D eigenvalue weighted by atomic mass is 31.2. The van der Waals surface area contributed by atoms with Crippen LogP contribution < -0.4 is 10.8 Å². The molecular formula is C27H36F2N5O9P. The number of non-ortho nitro benzene ring substituents is 1. The number of nitrogens with two attached hydrogens (primary N) is 1. The summed E-state index contributed by atoms with van der Waals surface area (Å²) in [5.74, 6) is -4.67. The van der Waals surface area contributed by atoms with Crippen molar-refractivity contribution in [2.45, 2.75) is 88.6 Å². The van der Waals surface area contributed by atoms with Crippen LogP contribution in [0.5, 0.6) is 0 Å². The minimum Gasteiger partial charge on any atom is -0.461 e. The Labute approximate surface area is 252 Å². The molecule has 0 radical (unpaired) electrons. The van der Waals surface area contributed by atoms with Gasteiger partial charge < -0.3 is 25.2 Å². The molecule has 3 aliphatic rings. The number of alkyl halides is 2. The second kappa shape index (κ2) is 13.8. The fourth-order valence-electron chi connectivity index (χ4n) is 4.95. The lowest BCUT2D eigenvalue weighted by molar-refractivity contribution is -0.384. The molecule has 1 saturated carbocycles. The zero-order valence-corrected chi connectivity index (χ0v) is 25.1. The number of nitro benzene ring substituents is 1. The Kier molecular flexibility index (Phi) is 10.5. The first-order valence-corrected chi connectivity index (χ1v) is 15.6. The standard InChI is InChI=1S/C27H36F2N5O9P/c1-16(25(36)41-21-7-5-4-6-8-21)32-44(39,43-17(2)19-9-11-20(12-10-19)34(37)38)40-15-22-24(35)27(28,29)26(42-22)33-14-13-23(30)31-18(33)3/h9-14,16-17,21-22,24,26,35H,3-8,15H2,1-2H3,(H2,30,31)(H,32,39)/t16-,17?,22+,24?,26+,44?/m0/s1. The van der Waals surface area contributed by atoms with Gasteiger partial charge in [0.15, 0.2) is 6.10 Å². The van der Waals surface area contributed by atoms with Crippen molar-refractivity contribution in [3.63, 3.8) is 0 Å². The summed E-state index contributed by atoms with van der Waals surface area (Å²) in [7, 11) is -4.53. The van der Waals surface area contributed by atoms with Crippen LogP contribution in [0.2, 0.25) is 0 Å². The number of carbonyl (C=O) groups excluding carboxylic acids is 1. The monoisotopic (exact) mass is 643 g/mol. The fraction of sp³-hybridized carbons (Fsp3) is 0.556. The highest BCUT2D eigenvalue weighted by Gasteiger charge is 2.61. The van der Waals surface area contributed by atoms with Gasteiger partial charge in [-0.05, 0) is 63.3 Å². The molecule has 0 spiro atoms. The number of halogens is 2. The zero-order chi connectivity index (χ0) is 32.2. The largest absolute Gasteiger partial charge is 0.461 e. The number of aliphatic hydroxyl groups is 1. The highest BCUT2D eigenvalue weighted by molar-refractivity contribution is 7.51. The van der Waals surface area contributed by atoms with E-state index in [9.17, 15) is 24.6 Å². The normalized spacial score (nSPS) is 26.5. The molecule has 0 bridgehead atoms. The third-order valence-electron chi connectivity index (χ3n) is 7.41. The Morgan fingerprint density at radius 2 is 1.98 bits per heavy atom. The van der Waals surface area contributed by atoms with Crippen molar-refractivity contribution < 1.29 is 46.7 Å². The lowest BCUT2D eigenvalue weighted by atomic mass is 9.98. The van der Waals surface area contributed by atoms with E-state index in [-0.39, 0.29) is 23.4 Å². The van der Waals surface area contributed by atoms with Crippen LogP contribution >= 0.6 is 7.75 Å². The summed E-state index contributed by atoms with van der Waals surface area (Å²) in [4.78, 5) is 28.0. The topological polar surface area (TPSA) is 188 Å².